The molecule has 0 saturated heterocycles. The van der Waals surface area contributed by atoms with E-state index in [1.807, 2.05) is 30.4 Å². The summed E-state index contributed by atoms with van der Waals surface area (Å²) in [5.74, 6) is 0.612. The zero-order valence-corrected chi connectivity index (χ0v) is 14.6. The molecule has 9 heteroatoms. The van der Waals surface area contributed by atoms with Crippen molar-refractivity contribution in [3.63, 3.8) is 0 Å². The summed E-state index contributed by atoms with van der Waals surface area (Å²) in [6.07, 6.45) is 0. The number of anilines is 1. The number of aliphatic imine (C=N–C) groups is 1. The molecule has 2 N–H and O–H groups in total. The van der Waals surface area contributed by atoms with E-state index < -0.39 is 4.92 Å². The van der Waals surface area contributed by atoms with Gasteiger partial charge in [0.1, 0.15) is 0 Å². The van der Waals surface area contributed by atoms with Crippen molar-refractivity contribution < 1.29 is 4.92 Å². The summed E-state index contributed by atoms with van der Waals surface area (Å²) < 4.78 is 0. The third-order valence-corrected chi connectivity index (χ3v) is 4.22. The number of guanidine groups is 1. The molecule has 8 nitrogen and oxygen atoms in total. The van der Waals surface area contributed by atoms with E-state index in [-0.39, 0.29) is 5.69 Å². The smallest absolute Gasteiger partial charge is 0.269 e. The number of hydrogen-bond acceptors (Lipinski definition) is 6. The summed E-state index contributed by atoms with van der Waals surface area (Å²) in [5.41, 5.74) is 1.83. The number of hydrogen-bond donors (Lipinski definition) is 2. The lowest BCUT2D eigenvalue weighted by atomic mass is 10.2. The minimum atomic E-state index is -0.402. The van der Waals surface area contributed by atoms with Crippen LogP contribution < -0.4 is 15.5 Å². The van der Waals surface area contributed by atoms with Gasteiger partial charge < -0.3 is 15.5 Å². The highest BCUT2D eigenvalue weighted by molar-refractivity contribution is 7.13. The van der Waals surface area contributed by atoms with Crippen LogP contribution >= 0.6 is 11.3 Å². The quantitative estimate of drug-likeness (QED) is 0.359. The van der Waals surface area contributed by atoms with E-state index in [1.165, 1.54) is 6.07 Å². The van der Waals surface area contributed by atoms with Crippen LogP contribution in [0.15, 0.2) is 34.6 Å². The Hall–Kier alpha value is -2.68. The lowest BCUT2D eigenvalue weighted by molar-refractivity contribution is -0.384. The molecule has 2 rings (SSSR count). The van der Waals surface area contributed by atoms with Crippen molar-refractivity contribution in [2.75, 3.05) is 26.0 Å². The zero-order valence-electron chi connectivity index (χ0n) is 13.8. The first kappa shape index (κ1) is 17.7. The van der Waals surface area contributed by atoms with Gasteiger partial charge in [0.15, 0.2) is 11.1 Å². The highest BCUT2D eigenvalue weighted by Crippen LogP contribution is 2.17. The van der Waals surface area contributed by atoms with Crippen molar-refractivity contribution in [3.05, 3.63) is 51.0 Å². The lowest BCUT2D eigenvalue weighted by Crippen LogP contribution is -2.36. The van der Waals surface area contributed by atoms with Crippen LogP contribution in [0.5, 0.6) is 0 Å². The normalized spacial score (nSPS) is 11.2. The minimum Gasteiger partial charge on any atom is -0.354 e. The highest BCUT2D eigenvalue weighted by atomic mass is 32.1. The Morgan fingerprint density at radius 2 is 2.12 bits per heavy atom. The standard InChI is InChI=1S/C15H20N6O2S/c1-16-14(18-9-12-10-24-15(19-12)20(2)3)17-8-11-5-4-6-13(7-11)21(22)23/h4-7,10H,8-9H2,1-3H3,(H2,16,17,18). The number of nitrogens with zero attached hydrogens (tertiary/aromatic N) is 4. The molecule has 128 valence electrons. The molecule has 0 aliphatic carbocycles. The van der Waals surface area contributed by atoms with Crippen LogP contribution in [0.3, 0.4) is 0 Å². The molecule has 2 aromatic rings. The molecule has 0 amide bonds. The van der Waals surface area contributed by atoms with E-state index in [9.17, 15) is 10.1 Å². The molecule has 0 aliphatic rings. The lowest BCUT2D eigenvalue weighted by Gasteiger charge is -2.11. The minimum absolute atomic E-state index is 0.0796. The van der Waals surface area contributed by atoms with Crippen molar-refractivity contribution in [1.82, 2.24) is 15.6 Å². The number of benzene rings is 1. The summed E-state index contributed by atoms with van der Waals surface area (Å²) in [6.45, 7) is 1.00. The number of thiazole rings is 1. The van der Waals surface area contributed by atoms with Gasteiger partial charge in [0, 0.05) is 45.2 Å². The molecule has 1 aromatic heterocycles. The summed E-state index contributed by atoms with van der Waals surface area (Å²) in [4.78, 5) is 21.0. The Morgan fingerprint density at radius 1 is 1.38 bits per heavy atom. The second-order valence-electron chi connectivity index (χ2n) is 5.22. The van der Waals surface area contributed by atoms with Crippen molar-refractivity contribution in [2.45, 2.75) is 13.1 Å². The molecule has 0 bridgehead atoms. The fraction of sp³-hybridized carbons (Fsp3) is 0.333. The zero-order chi connectivity index (χ0) is 17.5. The predicted molar refractivity (Wildman–Crippen MR) is 96.6 cm³/mol. The van der Waals surface area contributed by atoms with E-state index in [2.05, 4.69) is 20.6 Å². The van der Waals surface area contributed by atoms with Crippen molar-refractivity contribution in [2.24, 2.45) is 4.99 Å². The van der Waals surface area contributed by atoms with Gasteiger partial charge in [0.2, 0.25) is 0 Å². The van der Waals surface area contributed by atoms with Gasteiger partial charge in [-0.15, -0.1) is 11.3 Å². The molecular formula is C15H20N6O2S. The Kier molecular flexibility index (Phi) is 6.07. The third-order valence-electron chi connectivity index (χ3n) is 3.16. The van der Waals surface area contributed by atoms with Gasteiger partial charge in [-0.05, 0) is 5.56 Å². The first-order valence-electron chi connectivity index (χ1n) is 7.29. The molecule has 0 fully saturated rings. The van der Waals surface area contributed by atoms with Gasteiger partial charge in [0.05, 0.1) is 17.2 Å². The van der Waals surface area contributed by atoms with Gasteiger partial charge in [-0.1, -0.05) is 12.1 Å². The molecule has 0 atom stereocenters. The van der Waals surface area contributed by atoms with Crippen molar-refractivity contribution >= 4 is 28.1 Å². The number of nitro groups is 1. The highest BCUT2D eigenvalue weighted by Gasteiger charge is 2.07. The van der Waals surface area contributed by atoms with Crippen molar-refractivity contribution in [1.29, 1.82) is 0 Å². The molecule has 24 heavy (non-hydrogen) atoms. The molecule has 0 spiro atoms. The average Bonchev–Trinajstić information content (AvgIpc) is 3.04. The van der Waals surface area contributed by atoms with E-state index in [0.29, 0.717) is 19.0 Å². The van der Waals surface area contributed by atoms with Gasteiger partial charge in [-0.25, -0.2) is 4.98 Å². The maximum absolute atomic E-state index is 10.8. The number of aromatic nitrogens is 1. The summed E-state index contributed by atoms with van der Waals surface area (Å²) >= 11 is 1.58. The maximum atomic E-state index is 10.8. The summed E-state index contributed by atoms with van der Waals surface area (Å²) in [6, 6.07) is 6.52. The largest absolute Gasteiger partial charge is 0.354 e. The number of nitro benzene ring substituents is 1. The molecule has 0 unspecified atom stereocenters. The first-order chi connectivity index (χ1) is 11.5. The van der Waals surface area contributed by atoms with Gasteiger partial charge in [0.25, 0.3) is 5.69 Å². The summed E-state index contributed by atoms with van der Waals surface area (Å²) in [5, 5.41) is 20.1. The fourth-order valence-corrected chi connectivity index (χ4v) is 2.70. The van der Waals surface area contributed by atoms with Crippen LogP contribution in [0.1, 0.15) is 11.3 Å². The van der Waals surface area contributed by atoms with Gasteiger partial charge >= 0.3 is 0 Å². The Morgan fingerprint density at radius 3 is 2.75 bits per heavy atom. The fourth-order valence-electron chi connectivity index (χ4n) is 1.94. The second kappa shape index (κ2) is 8.25. The SMILES string of the molecule is CN=C(NCc1cccc([N+](=O)[O-])c1)NCc1csc(N(C)C)n1. The van der Waals surface area contributed by atoms with Crippen LogP contribution in [0.25, 0.3) is 0 Å². The van der Waals surface area contributed by atoms with Crippen LogP contribution in [-0.2, 0) is 13.1 Å². The van der Waals surface area contributed by atoms with Crippen LogP contribution in [-0.4, -0.2) is 37.0 Å². The third kappa shape index (κ3) is 4.92. The topological polar surface area (TPSA) is 95.7 Å². The van der Waals surface area contributed by atoms with Crippen LogP contribution in [0, 0.1) is 10.1 Å². The first-order valence-corrected chi connectivity index (χ1v) is 8.17. The second-order valence-corrected chi connectivity index (χ2v) is 6.06. The monoisotopic (exact) mass is 348 g/mol. The van der Waals surface area contributed by atoms with E-state index in [4.69, 9.17) is 0 Å². The van der Waals surface area contributed by atoms with Crippen molar-refractivity contribution in [3.8, 4) is 0 Å². The molecule has 1 heterocycles. The Balaban J connectivity index is 1.88. The summed E-state index contributed by atoms with van der Waals surface area (Å²) in [7, 11) is 5.58. The van der Waals surface area contributed by atoms with E-state index in [1.54, 1.807) is 30.5 Å². The van der Waals surface area contributed by atoms with E-state index in [0.717, 1.165) is 16.4 Å². The molecule has 0 aliphatic heterocycles. The average molecular weight is 348 g/mol. The maximum Gasteiger partial charge on any atom is 0.269 e. The number of non-ortho nitro benzene ring substituents is 1. The Labute approximate surface area is 144 Å². The van der Waals surface area contributed by atoms with Gasteiger partial charge in [-0.3, -0.25) is 15.1 Å². The van der Waals surface area contributed by atoms with Crippen LogP contribution in [0.2, 0.25) is 0 Å². The molecular weight excluding hydrogens is 328 g/mol. The van der Waals surface area contributed by atoms with Crippen LogP contribution in [0.4, 0.5) is 10.8 Å². The predicted octanol–water partition coefficient (Wildman–Crippen LogP) is 1.98. The number of rotatable bonds is 6. The molecule has 0 radical (unpaired) electrons. The van der Waals surface area contributed by atoms with Gasteiger partial charge in [-0.2, -0.15) is 0 Å². The molecule has 1 aromatic carbocycles. The number of nitrogens with one attached hydrogen (secondary N) is 2. The molecule has 0 saturated carbocycles. The Bertz CT molecular complexity index is 728. The van der Waals surface area contributed by atoms with E-state index >= 15 is 0 Å².